The summed E-state index contributed by atoms with van der Waals surface area (Å²) in [6.45, 7) is 0.710. The number of rotatable bonds is 10. The molecule has 2 amide bonds. The predicted molar refractivity (Wildman–Crippen MR) is 117 cm³/mol. The fourth-order valence-electron chi connectivity index (χ4n) is 3.08. The van der Waals surface area contributed by atoms with Crippen LogP contribution < -0.4 is 10.2 Å². The van der Waals surface area contributed by atoms with Gasteiger partial charge < -0.3 is 14.6 Å². The Bertz CT molecular complexity index is 1030. The van der Waals surface area contributed by atoms with Crippen molar-refractivity contribution in [2.45, 2.75) is 25.7 Å². The molecule has 3 aromatic rings. The number of carbonyl (C=O) groups excluding carboxylic acids is 2. The Morgan fingerprint density at radius 3 is 2.45 bits per heavy atom. The molecule has 0 aliphatic rings. The highest BCUT2D eigenvalue weighted by Crippen LogP contribution is 2.18. The molecule has 0 spiro atoms. The second-order valence-electron chi connectivity index (χ2n) is 6.90. The molecule has 7 heteroatoms. The lowest BCUT2D eigenvalue weighted by Gasteiger charge is -2.21. The van der Waals surface area contributed by atoms with E-state index in [1.54, 1.807) is 11.2 Å². The second-order valence-corrected chi connectivity index (χ2v) is 6.90. The first-order chi connectivity index (χ1) is 15.2. The summed E-state index contributed by atoms with van der Waals surface area (Å²) in [6.07, 6.45) is 2.52. The van der Waals surface area contributed by atoms with E-state index in [0.717, 1.165) is 16.9 Å². The van der Waals surface area contributed by atoms with Crippen LogP contribution in [-0.4, -0.2) is 29.9 Å². The fourth-order valence-corrected chi connectivity index (χ4v) is 3.08. The van der Waals surface area contributed by atoms with Gasteiger partial charge in [0.25, 0.3) is 0 Å². The number of para-hydroxylation sites is 1. The molecule has 0 aliphatic heterocycles. The number of oxazole rings is 1. The van der Waals surface area contributed by atoms with Gasteiger partial charge in [0.15, 0.2) is 0 Å². The van der Waals surface area contributed by atoms with Crippen LogP contribution >= 0.6 is 0 Å². The first-order valence-electron chi connectivity index (χ1n) is 10.2. The normalized spacial score (nSPS) is 10.3. The van der Waals surface area contributed by atoms with Crippen LogP contribution in [0.1, 0.15) is 25.0 Å². The van der Waals surface area contributed by atoms with Crippen LogP contribution in [0, 0.1) is 11.3 Å². The van der Waals surface area contributed by atoms with Crippen LogP contribution in [-0.2, 0) is 16.0 Å². The van der Waals surface area contributed by atoms with Gasteiger partial charge in [0.05, 0.1) is 18.2 Å². The summed E-state index contributed by atoms with van der Waals surface area (Å²) in [7, 11) is 0. The minimum Gasteiger partial charge on any atom is -0.444 e. The third-order valence-electron chi connectivity index (χ3n) is 4.66. The van der Waals surface area contributed by atoms with E-state index >= 15 is 0 Å². The molecule has 0 aliphatic carbocycles. The zero-order valence-electron chi connectivity index (χ0n) is 17.2. The Morgan fingerprint density at radius 1 is 1.03 bits per heavy atom. The fraction of sp³-hybridized carbons (Fsp3) is 0.250. The van der Waals surface area contributed by atoms with Crippen molar-refractivity contribution < 1.29 is 14.0 Å². The Kier molecular flexibility index (Phi) is 7.95. The summed E-state index contributed by atoms with van der Waals surface area (Å²) in [5, 5.41) is 11.7. The number of hydrogen-bond donors (Lipinski definition) is 1. The van der Waals surface area contributed by atoms with Gasteiger partial charge in [-0.3, -0.25) is 9.59 Å². The largest absolute Gasteiger partial charge is 0.444 e. The highest BCUT2D eigenvalue weighted by molar-refractivity contribution is 5.95. The van der Waals surface area contributed by atoms with Gasteiger partial charge in [0, 0.05) is 43.6 Å². The Hall–Kier alpha value is -3.92. The summed E-state index contributed by atoms with van der Waals surface area (Å²) in [5.41, 5.74) is 2.38. The Labute approximate surface area is 181 Å². The van der Waals surface area contributed by atoms with Gasteiger partial charge in [0.1, 0.15) is 6.26 Å². The highest BCUT2D eigenvalue weighted by Gasteiger charge is 2.16. The molecule has 1 heterocycles. The minimum absolute atomic E-state index is 0.0777. The van der Waals surface area contributed by atoms with Crippen LogP contribution in [0.25, 0.3) is 11.5 Å². The third kappa shape index (κ3) is 6.54. The topological polar surface area (TPSA) is 99.2 Å². The molecule has 0 radical (unpaired) electrons. The lowest BCUT2D eigenvalue weighted by Crippen LogP contribution is -2.33. The summed E-state index contributed by atoms with van der Waals surface area (Å²) in [4.78, 5) is 30.7. The summed E-state index contributed by atoms with van der Waals surface area (Å²) >= 11 is 0. The lowest BCUT2D eigenvalue weighted by atomic mass is 10.2. The molecular weight excluding hydrogens is 392 g/mol. The molecule has 1 N–H and O–H groups in total. The standard InChI is InChI=1S/C24H24N4O3/c25-15-7-17-28(21-10-5-2-6-11-21)23(30)13-12-22(29)26-16-14-20-18-31-24(27-20)19-8-3-1-4-9-19/h1-6,8-11,18H,7,12-14,16-17H2,(H,26,29). The molecule has 31 heavy (non-hydrogen) atoms. The highest BCUT2D eigenvalue weighted by atomic mass is 16.3. The lowest BCUT2D eigenvalue weighted by molar-refractivity contribution is -0.125. The van der Waals surface area contributed by atoms with E-state index in [-0.39, 0.29) is 31.1 Å². The van der Waals surface area contributed by atoms with Gasteiger partial charge in [-0.15, -0.1) is 0 Å². The van der Waals surface area contributed by atoms with Crippen molar-refractivity contribution >= 4 is 17.5 Å². The summed E-state index contributed by atoms with van der Waals surface area (Å²) < 4.78 is 5.49. The molecule has 3 rings (SSSR count). The van der Waals surface area contributed by atoms with Crippen molar-refractivity contribution in [1.29, 1.82) is 5.26 Å². The van der Waals surface area contributed by atoms with Crippen molar-refractivity contribution in [3.8, 4) is 17.5 Å². The number of aromatic nitrogens is 1. The van der Waals surface area contributed by atoms with Crippen LogP contribution in [0.5, 0.6) is 0 Å². The molecule has 158 valence electrons. The van der Waals surface area contributed by atoms with Crippen molar-refractivity contribution in [3.63, 3.8) is 0 Å². The third-order valence-corrected chi connectivity index (χ3v) is 4.66. The molecule has 1 aromatic heterocycles. The Morgan fingerprint density at radius 2 is 1.74 bits per heavy atom. The number of nitrogens with zero attached hydrogens (tertiary/aromatic N) is 3. The number of benzene rings is 2. The molecule has 7 nitrogen and oxygen atoms in total. The van der Waals surface area contributed by atoms with E-state index in [9.17, 15) is 9.59 Å². The van der Waals surface area contributed by atoms with Crippen molar-refractivity contribution in [2.24, 2.45) is 0 Å². The molecule has 0 bridgehead atoms. The number of nitriles is 1. The van der Waals surface area contributed by atoms with Crippen molar-refractivity contribution in [3.05, 3.63) is 72.6 Å². The Balaban J connectivity index is 1.44. The molecule has 0 fully saturated rings. The zero-order valence-corrected chi connectivity index (χ0v) is 17.2. The van der Waals surface area contributed by atoms with E-state index in [1.165, 1.54) is 0 Å². The quantitative estimate of drug-likeness (QED) is 0.543. The number of hydrogen-bond acceptors (Lipinski definition) is 5. The molecule has 0 saturated heterocycles. The summed E-state index contributed by atoms with van der Waals surface area (Å²) in [5.74, 6) is 0.167. The first kappa shape index (κ1) is 21.8. The average molecular weight is 416 g/mol. The monoisotopic (exact) mass is 416 g/mol. The van der Waals surface area contributed by atoms with Crippen molar-refractivity contribution in [2.75, 3.05) is 18.0 Å². The van der Waals surface area contributed by atoms with Gasteiger partial charge in [-0.2, -0.15) is 5.26 Å². The molecule has 0 saturated carbocycles. The molecule has 2 aromatic carbocycles. The number of amides is 2. The van der Waals surface area contributed by atoms with Gasteiger partial charge in [-0.25, -0.2) is 4.98 Å². The molecule has 0 unspecified atom stereocenters. The second kappa shape index (κ2) is 11.3. The van der Waals surface area contributed by atoms with Crippen LogP contribution in [0.4, 0.5) is 5.69 Å². The van der Waals surface area contributed by atoms with Crippen molar-refractivity contribution in [1.82, 2.24) is 10.3 Å². The maximum Gasteiger partial charge on any atom is 0.227 e. The molecular formula is C24H24N4O3. The summed E-state index contributed by atoms with van der Waals surface area (Å²) in [6, 6.07) is 20.8. The minimum atomic E-state index is -0.201. The predicted octanol–water partition coefficient (Wildman–Crippen LogP) is 3.73. The number of carbonyl (C=O) groups is 2. The zero-order chi connectivity index (χ0) is 21.9. The van der Waals surface area contributed by atoms with E-state index in [1.807, 2.05) is 60.7 Å². The maximum atomic E-state index is 12.6. The van der Waals surface area contributed by atoms with Crippen LogP contribution in [0.15, 0.2) is 71.3 Å². The van der Waals surface area contributed by atoms with Gasteiger partial charge in [-0.05, 0) is 24.3 Å². The van der Waals surface area contributed by atoms with E-state index in [2.05, 4.69) is 16.4 Å². The average Bonchev–Trinajstić information content (AvgIpc) is 3.28. The maximum absolute atomic E-state index is 12.6. The van der Waals surface area contributed by atoms with E-state index in [0.29, 0.717) is 25.4 Å². The first-order valence-corrected chi connectivity index (χ1v) is 10.2. The van der Waals surface area contributed by atoms with Crippen LogP contribution in [0.2, 0.25) is 0 Å². The van der Waals surface area contributed by atoms with Gasteiger partial charge in [-0.1, -0.05) is 36.4 Å². The number of nitrogens with one attached hydrogen (secondary N) is 1. The van der Waals surface area contributed by atoms with Crippen LogP contribution in [0.3, 0.4) is 0 Å². The van der Waals surface area contributed by atoms with Gasteiger partial charge >= 0.3 is 0 Å². The number of anilines is 1. The van der Waals surface area contributed by atoms with E-state index < -0.39 is 0 Å². The van der Waals surface area contributed by atoms with Gasteiger partial charge in [0.2, 0.25) is 17.7 Å². The SMILES string of the molecule is N#CCCN(C(=O)CCC(=O)NCCc1coc(-c2ccccc2)n1)c1ccccc1. The molecule has 0 atom stereocenters. The smallest absolute Gasteiger partial charge is 0.227 e. The van der Waals surface area contributed by atoms with E-state index in [4.69, 9.17) is 9.68 Å².